The Bertz CT molecular complexity index is 306. The molecule has 0 aromatic carbocycles. The molecule has 13 heavy (non-hydrogen) atoms. The summed E-state index contributed by atoms with van der Waals surface area (Å²) in [6, 6.07) is 0. The molecule has 0 saturated heterocycles. The molecule has 1 aromatic heterocycles. The van der Waals surface area contributed by atoms with Crippen molar-refractivity contribution in [2.24, 2.45) is 0 Å². The summed E-state index contributed by atoms with van der Waals surface area (Å²) in [5.41, 5.74) is 0. The van der Waals surface area contributed by atoms with Crippen molar-refractivity contribution in [2.75, 3.05) is 7.11 Å². The Morgan fingerprint density at radius 2 is 2.23 bits per heavy atom. The predicted molar refractivity (Wildman–Crippen MR) is 46.1 cm³/mol. The summed E-state index contributed by atoms with van der Waals surface area (Å²) < 4.78 is 6.22. The third kappa shape index (κ3) is 2.54. The highest BCUT2D eigenvalue weighted by molar-refractivity contribution is 5.68. The Labute approximate surface area is 76.7 Å². The normalized spacial score (nSPS) is 10.1. The molecule has 72 valence electrons. The van der Waals surface area contributed by atoms with E-state index in [2.05, 4.69) is 14.8 Å². The fourth-order valence-corrected chi connectivity index (χ4v) is 1.07. The zero-order chi connectivity index (χ0) is 9.84. The third-order valence-electron chi connectivity index (χ3n) is 1.72. The van der Waals surface area contributed by atoms with Gasteiger partial charge in [-0.25, -0.2) is 9.67 Å². The Morgan fingerprint density at radius 1 is 1.54 bits per heavy atom. The van der Waals surface area contributed by atoms with E-state index in [9.17, 15) is 4.79 Å². The average molecular weight is 183 g/mol. The van der Waals surface area contributed by atoms with E-state index in [1.807, 2.05) is 13.8 Å². The molecule has 0 aliphatic heterocycles. The zero-order valence-electron chi connectivity index (χ0n) is 8.07. The van der Waals surface area contributed by atoms with Crippen LogP contribution in [0.4, 0.5) is 0 Å². The first-order valence-corrected chi connectivity index (χ1v) is 4.08. The molecule has 1 aromatic rings. The number of methoxy groups -OCH3 is 1. The van der Waals surface area contributed by atoms with Gasteiger partial charge in [0, 0.05) is 0 Å². The maximum absolute atomic E-state index is 10.8. The van der Waals surface area contributed by atoms with Crippen LogP contribution >= 0.6 is 0 Å². The van der Waals surface area contributed by atoms with Crippen molar-refractivity contribution in [3.8, 4) is 0 Å². The van der Waals surface area contributed by atoms with Crippen LogP contribution < -0.4 is 0 Å². The lowest BCUT2D eigenvalue weighted by Crippen LogP contribution is -2.09. The molecule has 0 amide bonds. The van der Waals surface area contributed by atoms with Gasteiger partial charge in [-0.15, -0.1) is 0 Å². The average Bonchev–Trinajstić information content (AvgIpc) is 2.41. The van der Waals surface area contributed by atoms with Crippen LogP contribution in [0.2, 0.25) is 0 Å². The van der Waals surface area contributed by atoms with Crippen LogP contribution in [0.5, 0.6) is 0 Å². The van der Waals surface area contributed by atoms with Crippen molar-refractivity contribution < 1.29 is 9.53 Å². The molecule has 0 radical (unpaired) electrons. The number of nitrogens with zero attached hydrogens (tertiary/aromatic N) is 3. The third-order valence-corrected chi connectivity index (χ3v) is 1.72. The number of rotatable bonds is 3. The Kier molecular flexibility index (Phi) is 3.00. The van der Waals surface area contributed by atoms with Crippen LogP contribution in [0, 0.1) is 13.8 Å². The second-order valence-electron chi connectivity index (χ2n) is 2.76. The number of hydrogen-bond donors (Lipinski definition) is 0. The van der Waals surface area contributed by atoms with Gasteiger partial charge in [0.2, 0.25) is 0 Å². The van der Waals surface area contributed by atoms with E-state index in [1.165, 1.54) is 7.11 Å². The molecule has 0 atom stereocenters. The van der Waals surface area contributed by atoms with Gasteiger partial charge in [0.1, 0.15) is 11.6 Å². The molecule has 0 spiro atoms. The summed E-state index contributed by atoms with van der Waals surface area (Å²) >= 11 is 0. The fraction of sp³-hybridized carbons (Fsp3) is 0.625. The monoisotopic (exact) mass is 183 g/mol. The molecule has 0 aliphatic carbocycles. The summed E-state index contributed by atoms with van der Waals surface area (Å²) in [6.45, 7) is 4.21. The molecule has 0 N–H and O–H groups in total. The van der Waals surface area contributed by atoms with Crippen molar-refractivity contribution in [1.29, 1.82) is 0 Å². The first-order valence-electron chi connectivity index (χ1n) is 4.08. The summed E-state index contributed by atoms with van der Waals surface area (Å²) in [7, 11) is 1.38. The van der Waals surface area contributed by atoms with Gasteiger partial charge < -0.3 is 4.74 Å². The summed E-state index contributed by atoms with van der Waals surface area (Å²) in [6.07, 6.45) is 0.333. The predicted octanol–water partition coefficient (Wildman–Crippen LogP) is 0.458. The Morgan fingerprint density at radius 3 is 2.69 bits per heavy atom. The lowest BCUT2D eigenvalue weighted by atomic mass is 10.4. The van der Waals surface area contributed by atoms with Gasteiger partial charge >= 0.3 is 5.97 Å². The van der Waals surface area contributed by atoms with Gasteiger partial charge in [0.05, 0.1) is 20.1 Å². The summed E-state index contributed by atoms with van der Waals surface area (Å²) in [4.78, 5) is 14.9. The molecule has 0 unspecified atom stereocenters. The van der Waals surface area contributed by atoms with Crippen LogP contribution in [-0.4, -0.2) is 27.8 Å². The fourth-order valence-electron chi connectivity index (χ4n) is 1.07. The first-order chi connectivity index (χ1) is 6.13. The maximum Gasteiger partial charge on any atom is 0.307 e. The smallest absolute Gasteiger partial charge is 0.307 e. The molecule has 0 aliphatic rings. The molecule has 1 heterocycles. The SMILES string of the molecule is COC(=O)CCn1nc(C)nc1C. The van der Waals surface area contributed by atoms with Gasteiger partial charge in [-0.3, -0.25) is 4.79 Å². The number of carbonyl (C=O) groups excluding carboxylic acids is 1. The standard InChI is InChI=1S/C8H13N3O2/c1-6-9-7(2)11(10-6)5-4-8(12)13-3/h4-5H2,1-3H3. The van der Waals surface area contributed by atoms with E-state index in [1.54, 1.807) is 4.68 Å². The van der Waals surface area contributed by atoms with Crippen LogP contribution in [0.25, 0.3) is 0 Å². The summed E-state index contributed by atoms with van der Waals surface area (Å²) in [5, 5.41) is 4.11. The van der Waals surface area contributed by atoms with Gasteiger partial charge in [-0.2, -0.15) is 5.10 Å². The van der Waals surface area contributed by atoms with Crippen molar-refractivity contribution in [3.63, 3.8) is 0 Å². The molecule has 0 saturated carbocycles. The molecule has 0 bridgehead atoms. The van der Waals surface area contributed by atoms with Crippen LogP contribution in [0.3, 0.4) is 0 Å². The van der Waals surface area contributed by atoms with E-state index in [-0.39, 0.29) is 5.97 Å². The van der Waals surface area contributed by atoms with Crippen molar-refractivity contribution >= 4 is 5.97 Å². The Balaban J connectivity index is 2.54. The van der Waals surface area contributed by atoms with E-state index < -0.39 is 0 Å². The number of hydrogen-bond acceptors (Lipinski definition) is 4. The highest BCUT2D eigenvalue weighted by atomic mass is 16.5. The highest BCUT2D eigenvalue weighted by Crippen LogP contribution is 1.98. The second-order valence-corrected chi connectivity index (χ2v) is 2.76. The minimum absolute atomic E-state index is 0.229. The van der Waals surface area contributed by atoms with Gasteiger partial charge in [-0.05, 0) is 13.8 Å². The quantitative estimate of drug-likeness (QED) is 0.639. The second kappa shape index (κ2) is 4.02. The van der Waals surface area contributed by atoms with Crippen molar-refractivity contribution in [1.82, 2.24) is 14.8 Å². The topological polar surface area (TPSA) is 57.0 Å². The molecule has 5 nitrogen and oxygen atoms in total. The van der Waals surface area contributed by atoms with E-state index in [0.717, 1.165) is 11.6 Å². The molecule has 0 fully saturated rings. The molecule has 5 heteroatoms. The van der Waals surface area contributed by atoms with Gasteiger partial charge in [0.15, 0.2) is 0 Å². The molecular formula is C8H13N3O2. The number of aryl methyl sites for hydroxylation is 3. The summed E-state index contributed by atoms with van der Waals surface area (Å²) in [5.74, 6) is 1.32. The van der Waals surface area contributed by atoms with Crippen molar-refractivity contribution in [2.45, 2.75) is 26.8 Å². The maximum atomic E-state index is 10.8. The van der Waals surface area contributed by atoms with Gasteiger partial charge in [0.25, 0.3) is 0 Å². The largest absolute Gasteiger partial charge is 0.469 e. The van der Waals surface area contributed by atoms with Crippen LogP contribution in [0.1, 0.15) is 18.1 Å². The number of esters is 1. The highest BCUT2D eigenvalue weighted by Gasteiger charge is 2.05. The number of aromatic nitrogens is 3. The van der Waals surface area contributed by atoms with Crippen molar-refractivity contribution in [3.05, 3.63) is 11.6 Å². The molecule has 1 rings (SSSR count). The lowest BCUT2D eigenvalue weighted by molar-refractivity contribution is -0.140. The minimum Gasteiger partial charge on any atom is -0.469 e. The first kappa shape index (κ1) is 9.70. The Hall–Kier alpha value is -1.39. The van der Waals surface area contributed by atoms with E-state index in [0.29, 0.717) is 13.0 Å². The number of carbonyl (C=O) groups is 1. The van der Waals surface area contributed by atoms with E-state index in [4.69, 9.17) is 0 Å². The minimum atomic E-state index is -0.229. The number of ether oxygens (including phenoxy) is 1. The molecular weight excluding hydrogens is 170 g/mol. The lowest BCUT2D eigenvalue weighted by Gasteiger charge is -2.00. The van der Waals surface area contributed by atoms with E-state index >= 15 is 0 Å². The zero-order valence-corrected chi connectivity index (χ0v) is 8.07. The van der Waals surface area contributed by atoms with Gasteiger partial charge in [-0.1, -0.05) is 0 Å². The van der Waals surface area contributed by atoms with Crippen LogP contribution in [0.15, 0.2) is 0 Å². The van der Waals surface area contributed by atoms with Crippen LogP contribution in [-0.2, 0) is 16.1 Å².